The van der Waals surface area contributed by atoms with Gasteiger partial charge in [0.2, 0.25) is 0 Å². The van der Waals surface area contributed by atoms with Gasteiger partial charge in [-0.1, -0.05) is 12.0 Å². The normalized spacial score (nSPS) is 34.0. The Morgan fingerprint density at radius 1 is 1.16 bits per heavy atom. The van der Waals surface area contributed by atoms with Crippen LogP contribution in [0.25, 0.3) is 10.4 Å². The van der Waals surface area contributed by atoms with Crippen molar-refractivity contribution in [1.29, 1.82) is 0 Å². The second-order valence-electron chi connectivity index (χ2n) is 4.44. The Balaban J connectivity index is 3.03. The first-order valence-corrected chi connectivity index (χ1v) is 5.91. The molecule has 0 aromatic carbocycles. The standard InChI is InChI=1S/C11H17N3O5/c1-5-6(2)17-11(13-14-12)10(19-8(4)16)9(5)18-7(3)15/h5-6,9-11H,1-4H3/t5-,6?,9?,10+,11+/m1/s1. The first-order chi connectivity index (χ1) is 8.86. The van der Waals surface area contributed by atoms with Gasteiger partial charge in [-0.2, -0.15) is 0 Å². The van der Waals surface area contributed by atoms with Crippen LogP contribution in [-0.2, 0) is 23.8 Å². The zero-order valence-electron chi connectivity index (χ0n) is 11.3. The van der Waals surface area contributed by atoms with Gasteiger partial charge < -0.3 is 14.2 Å². The lowest BCUT2D eigenvalue weighted by molar-refractivity contribution is -0.219. The Labute approximate surface area is 110 Å². The van der Waals surface area contributed by atoms with Gasteiger partial charge in [-0.05, 0) is 12.5 Å². The zero-order valence-corrected chi connectivity index (χ0v) is 11.3. The average Bonchev–Trinajstić information content (AvgIpc) is 2.29. The van der Waals surface area contributed by atoms with Crippen LogP contribution < -0.4 is 0 Å². The summed E-state index contributed by atoms with van der Waals surface area (Å²) in [6.45, 7) is 6.06. The van der Waals surface area contributed by atoms with Crippen molar-refractivity contribution >= 4 is 11.9 Å². The summed E-state index contributed by atoms with van der Waals surface area (Å²) in [5.74, 6) is -1.26. The van der Waals surface area contributed by atoms with Crippen molar-refractivity contribution in [2.75, 3.05) is 0 Å². The smallest absolute Gasteiger partial charge is 0.303 e. The van der Waals surface area contributed by atoms with Crippen LogP contribution in [0.4, 0.5) is 0 Å². The van der Waals surface area contributed by atoms with Crippen LogP contribution in [-0.4, -0.2) is 36.5 Å². The number of esters is 2. The highest BCUT2D eigenvalue weighted by Crippen LogP contribution is 2.31. The third-order valence-corrected chi connectivity index (χ3v) is 2.99. The molecule has 19 heavy (non-hydrogen) atoms. The summed E-state index contributed by atoms with van der Waals surface area (Å²) in [6, 6.07) is 0. The Morgan fingerprint density at radius 2 is 1.68 bits per heavy atom. The molecule has 1 fully saturated rings. The van der Waals surface area contributed by atoms with E-state index < -0.39 is 30.4 Å². The van der Waals surface area contributed by atoms with Gasteiger partial charge in [-0.3, -0.25) is 9.59 Å². The molecule has 0 aliphatic carbocycles. The van der Waals surface area contributed by atoms with E-state index in [4.69, 9.17) is 19.7 Å². The first-order valence-electron chi connectivity index (χ1n) is 5.91. The number of rotatable bonds is 3. The van der Waals surface area contributed by atoms with Crippen molar-refractivity contribution in [1.82, 2.24) is 0 Å². The van der Waals surface area contributed by atoms with Crippen molar-refractivity contribution in [3.05, 3.63) is 10.4 Å². The fraction of sp³-hybridized carbons (Fsp3) is 0.818. The van der Waals surface area contributed by atoms with Crippen LogP contribution in [0.5, 0.6) is 0 Å². The second kappa shape index (κ2) is 6.40. The molecule has 1 rings (SSSR count). The van der Waals surface area contributed by atoms with E-state index in [9.17, 15) is 9.59 Å². The minimum Gasteiger partial charge on any atom is -0.458 e. The summed E-state index contributed by atoms with van der Waals surface area (Å²) in [4.78, 5) is 24.9. The topological polar surface area (TPSA) is 111 Å². The molecule has 0 aromatic heterocycles. The number of nitrogens with zero attached hydrogens (tertiary/aromatic N) is 3. The van der Waals surface area contributed by atoms with E-state index >= 15 is 0 Å². The third-order valence-electron chi connectivity index (χ3n) is 2.99. The summed E-state index contributed by atoms with van der Waals surface area (Å²) < 4.78 is 15.7. The van der Waals surface area contributed by atoms with E-state index in [1.165, 1.54) is 13.8 Å². The van der Waals surface area contributed by atoms with E-state index in [1.807, 2.05) is 0 Å². The Morgan fingerprint density at radius 3 is 2.16 bits per heavy atom. The SMILES string of the molecule is CC(=O)OC1[C@H](C)C(C)O[C@H](N=[N+]=[N-])[C@H]1OC(C)=O. The Bertz CT molecular complexity index is 407. The van der Waals surface area contributed by atoms with Gasteiger partial charge in [0, 0.05) is 24.7 Å². The maximum Gasteiger partial charge on any atom is 0.303 e. The van der Waals surface area contributed by atoms with Gasteiger partial charge in [0.25, 0.3) is 0 Å². The molecule has 1 aliphatic heterocycles. The highest BCUT2D eigenvalue weighted by atomic mass is 16.6. The van der Waals surface area contributed by atoms with Gasteiger partial charge in [-0.15, -0.1) is 0 Å². The van der Waals surface area contributed by atoms with Gasteiger partial charge in [-0.25, -0.2) is 0 Å². The molecule has 5 atom stereocenters. The molecule has 0 spiro atoms. The molecule has 106 valence electrons. The molecule has 0 saturated carbocycles. The fourth-order valence-electron chi connectivity index (χ4n) is 1.98. The molecule has 0 radical (unpaired) electrons. The zero-order chi connectivity index (χ0) is 14.6. The molecule has 2 unspecified atom stereocenters. The Kier molecular flexibility index (Phi) is 5.14. The van der Waals surface area contributed by atoms with Gasteiger partial charge >= 0.3 is 11.9 Å². The highest BCUT2D eigenvalue weighted by molar-refractivity contribution is 5.67. The predicted octanol–water partition coefficient (Wildman–Crippen LogP) is 1.54. The molecule has 0 amide bonds. The van der Waals surface area contributed by atoms with E-state index in [0.717, 1.165) is 0 Å². The number of hydrogen-bond acceptors (Lipinski definition) is 6. The largest absolute Gasteiger partial charge is 0.458 e. The number of ether oxygens (including phenoxy) is 3. The molecule has 0 aromatic rings. The van der Waals surface area contributed by atoms with Crippen molar-refractivity contribution < 1.29 is 23.8 Å². The average molecular weight is 271 g/mol. The molecule has 8 heteroatoms. The lowest BCUT2D eigenvalue weighted by Gasteiger charge is -2.41. The summed E-state index contributed by atoms with van der Waals surface area (Å²) in [5.41, 5.74) is 8.52. The molecular formula is C11H17N3O5. The molecular weight excluding hydrogens is 254 g/mol. The van der Waals surface area contributed by atoms with Crippen LogP contribution >= 0.6 is 0 Å². The summed E-state index contributed by atoms with van der Waals surface area (Å²) >= 11 is 0. The van der Waals surface area contributed by atoms with Crippen molar-refractivity contribution in [3.63, 3.8) is 0 Å². The van der Waals surface area contributed by atoms with Crippen molar-refractivity contribution in [3.8, 4) is 0 Å². The summed E-state index contributed by atoms with van der Waals surface area (Å²) in [6.07, 6.45) is -2.96. The maximum atomic E-state index is 11.2. The van der Waals surface area contributed by atoms with Crippen LogP contribution in [0, 0.1) is 5.92 Å². The van der Waals surface area contributed by atoms with Crippen molar-refractivity contribution in [2.24, 2.45) is 11.0 Å². The van der Waals surface area contributed by atoms with Gasteiger partial charge in [0.1, 0.15) is 6.10 Å². The molecule has 1 heterocycles. The highest BCUT2D eigenvalue weighted by Gasteiger charge is 2.46. The lowest BCUT2D eigenvalue weighted by Crippen LogP contribution is -2.55. The van der Waals surface area contributed by atoms with E-state index in [0.29, 0.717) is 0 Å². The van der Waals surface area contributed by atoms with Crippen LogP contribution in [0.3, 0.4) is 0 Å². The molecule has 1 aliphatic rings. The minimum atomic E-state index is -1.01. The number of carbonyl (C=O) groups excluding carboxylic acids is 2. The quantitative estimate of drug-likeness (QED) is 0.334. The number of hydrogen-bond donors (Lipinski definition) is 0. The van der Waals surface area contributed by atoms with Crippen LogP contribution in [0.15, 0.2) is 5.11 Å². The molecule has 1 saturated heterocycles. The molecule has 0 bridgehead atoms. The van der Waals surface area contributed by atoms with Gasteiger partial charge in [0.15, 0.2) is 12.3 Å². The number of azide groups is 1. The Hall–Kier alpha value is -1.79. The van der Waals surface area contributed by atoms with E-state index in [2.05, 4.69) is 10.0 Å². The third kappa shape index (κ3) is 3.84. The second-order valence-corrected chi connectivity index (χ2v) is 4.44. The summed E-state index contributed by atoms with van der Waals surface area (Å²) in [7, 11) is 0. The van der Waals surface area contributed by atoms with Crippen molar-refractivity contribution in [2.45, 2.75) is 52.2 Å². The van der Waals surface area contributed by atoms with Crippen LogP contribution in [0.1, 0.15) is 27.7 Å². The van der Waals surface area contributed by atoms with Crippen LogP contribution in [0.2, 0.25) is 0 Å². The first kappa shape index (κ1) is 15.3. The minimum absolute atomic E-state index is 0.196. The lowest BCUT2D eigenvalue weighted by atomic mass is 9.90. The monoisotopic (exact) mass is 271 g/mol. The molecule has 8 nitrogen and oxygen atoms in total. The number of carbonyl (C=O) groups is 2. The maximum absolute atomic E-state index is 11.2. The predicted molar refractivity (Wildman–Crippen MR) is 63.8 cm³/mol. The van der Waals surface area contributed by atoms with E-state index in [1.54, 1.807) is 13.8 Å². The molecule has 0 N–H and O–H groups in total. The summed E-state index contributed by atoms with van der Waals surface area (Å²) in [5, 5.41) is 3.45. The van der Waals surface area contributed by atoms with E-state index in [-0.39, 0.29) is 12.0 Å². The fourth-order valence-corrected chi connectivity index (χ4v) is 1.98. The van der Waals surface area contributed by atoms with Gasteiger partial charge in [0.05, 0.1) is 6.10 Å².